The maximum atomic E-state index is 13.0. The molecule has 1 saturated carbocycles. The highest BCUT2D eigenvalue weighted by atomic mass is 32.1. The van der Waals surface area contributed by atoms with E-state index in [1.165, 1.54) is 11.3 Å². The highest BCUT2D eigenvalue weighted by Gasteiger charge is 2.34. The van der Waals surface area contributed by atoms with Crippen molar-refractivity contribution in [1.82, 2.24) is 20.1 Å². The molecule has 3 amide bonds. The van der Waals surface area contributed by atoms with Crippen LogP contribution >= 0.6 is 11.3 Å². The van der Waals surface area contributed by atoms with E-state index in [2.05, 4.69) is 20.5 Å². The third-order valence-electron chi connectivity index (χ3n) is 6.15. The van der Waals surface area contributed by atoms with Crippen molar-refractivity contribution in [3.8, 4) is 0 Å². The Balaban J connectivity index is 1.21. The number of rotatable bonds is 11. The van der Waals surface area contributed by atoms with Gasteiger partial charge >= 0.3 is 0 Å². The number of benzene rings is 1. The first kappa shape index (κ1) is 25.3. The maximum Gasteiger partial charge on any atom is 0.254 e. The van der Waals surface area contributed by atoms with Gasteiger partial charge in [0.15, 0.2) is 5.13 Å². The Morgan fingerprint density at radius 3 is 2.69 bits per heavy atom. The van der Waals surface area contributed by atoms with Gasteiger partial charge in [-0.1, -0.05) is 18.2 Å². The number of ether oxygens (including phenoxy) is 1. The fourth-order valence-electron chi connectivity index (χ4n) is 4.06. The number of amides is 3. The van der Waals surface area contributed by atoms with Crippen LogP contribution in [0.3, 0.4) is 0 Å². The summed E-state index contributed by atoms with van der Waals surface area (Å²) in [4.78, 5) is 46.3. The van der Waals surface area contributed by atoms with Crippen LogP contribution in [-0.2, 0) is 20.7 Å². The fourth-order valence-corrected chi connectivity index (χ4v) is 4.79. The van der Waals surface area contributed by atoms with Crippen molar-refractivity contribution in [3.05, 3.63) is 46.5 Å². The summed E-state index contributed by atoms with van der Waals surface area (Å²) in [6.45, 7) is 6.88. The molecule has 10 heteroatoms. The van der Waals surface area contributed by atoms with E-state index in [9.17, 15) is 14.4 Å². The molecule has 0 unspecified atom stereocenters. The molecular formula is C25H33N5O4S. The van der Waals surface area contributed by atoms with Gasteiger partial charge in [-0.05, 0) is 44.4 Å². The molecule has 0 bridgehead atoms. The van der Waals surface area contributed by atoms with Crippen LogP contribution < -0.4 is 10.6 Å². The summed E-state index contributed by atoms with van der Waals surface area (Å²) in [5.74, 6) is -0.489. The molecule has 2 aromatic rings. The number of aromatic nitrogens is 1. The standard InChI is InChI=1S/C25H33N5O4S/c1-18-5-2-3-6-21(18)24(33)30(20-7-8-20)16-23(32)28-25-27-19(17-35-25)15-22(31)26-9-4-10-29-11-13-34-14-12-29/h2-3,5-6,17,20H,4,7-16H2,1H3,(H,26,31)(H,27,28,32). The lowest BCUT2D eigenvalue weighted by Gasteiger charge is -2.26. The molecule has 0 radical (unpaired) electrons. The van der Waals surface area contributed by atoms with Gasteiger partial charge in [0.1, 0.15) is 6.54 Å². The Kier molecular flexibility index (Phi) is 8.84. The number of anilines is 1. The lowest BCUT2D eigenvalue weighted by atomic mass is 10.1. The normalized spacial score (nSPS) is 16.0. The van der Waals surface area contributed by atoms with Gasteiger partial charge in [-0.3, -0.25) is 19.3 Å². The molecule has 1 aliphatic carbocycles. The van der Waals surface area contributed by atoms with Crippen molar-refractivity contribution in [2.45, 2.75) is 38.6 Å². The number of nitrogens with one attached hydrogen (secondary N) is 2. The molecule has 188 valence electrons. The third-order valence-corrected chi connectivity index (χ3v) is 6.96. The van der Waals surface area contributed by atoms with E-state index in [1.807, 2.05) is 25.1 Å². The summed E-state index contributed by atoms with van der Waals surface area (Å²) in [6.07, 6.45) is 2.88. The molecule has 2 fully saturated rings. The van der Waals surface area contributed by atoms with Crippen LogP contribution in [0.15, 0.2) is 29.6 Å². The van der Waals surface area contributed by atoms with E-state index in [0.29, 0.717) is 22.9 Å². The first-order valence-electron chi connectivity index (χ1n) is 12.2. The van der Waals surface area contributed by atoms with E-state index in [1.54, 1.807) is 16.3 Å². The van der Waals surface area contributed by atoms with Gasteiger partial charge < -0.3 is 20.3 Å². The Bertz CT molecular complexity index is 1030. The van der Waals surface area contributed by atoms with Crippen molar-refractivity contribution in [2.75, 3.05) is 51.3 Å². The van der Waals surface area contributed by atoms with Crippen molar-refractivity contribution in [3.63, 3.8) is 0 Å². The first-order chi connectivity index (χ1) is 17.0. The summed E-state index contributed by atoms with van der Waals surface area (Å²) in [5, 5.41) is 7.93. The van der Waals surface area contributed by atoms with Gasteiger partial charge in [0.25, 0.3) is 5.91 Å². The van der Waals surface area contributed by atoms with Crippen molar-refractivity contribution in [1.29, 1.82) is 0 Å². The van der Waals surface area contributed by atoms with Gasteiger partial charge in [0, 0.05) is 36.6 Å². The van der Waals surface area contributed by atoms with E-state index in [0.717, 1.165) is 57.7 Å². The molecule has 1 saturated heterocycles. The second-order valence-corrected chi connectivity index (χ2v) is 9.86. The van der Waals surface area contributed by atoms with Gasteiger partial charge in [-0.2, -0.15) is 0 Å². The largest absolute Gasteiger partial charge is 0.379 e. The summed E-state index contributed by atoms with van der Waals surface area (Å²) < 4.78 is 5.34. The van der Waals surface area contributed by atoms with Crippen LogP contribution in [0.5, 0.6) is 0 Å². The second kappa shape index (κ2) is 12.2. The number of morpholine rings is 1. The van der Waals surface area contributed by atoms with Crippen LogP contribution in [0.4, 0.5) is 5.13 Å². The maximum absolute atomic E-state index is 13.0. The quantitative estimate of drug-likeness (QED) is 0.459. The third kappa shape index (κ3) is 7.58. The minimum atomic E-state index is -0.285. The topological polar surface area (TPSA) is 104 Å². The molecule has 0 atom stereocenters. The zero-order valence-corrected chi connectivity index (χ0v) is 20.9. The molecule has 4 rings (SSSR count). The molecular weight excluding hydrogens is 466 g/mol. The van der Waals surface area contributed by atoms with Crippen LogP contribution in [0.25, 0.3) is 0 Å². The van der Waals surface area contributed by atoms with Gasteiger partial charge in [0.05, 0.1) is 25.3 Å². The average molecular weight is 500 g/mol. The Hall–Kier alpha value is -2.82. The SMILES string of the molecule is Cc1ccccc1C(=O)N(CC(=O)Nc1nc(CC(=O)NCCCN2CCOCC2)cs1)C1CC1. The first-order valence-corrected chi connectivity index (χ1v) is 13.0. The Morgan fingerprint density at radius 2 is 1.94 bits per heavy atom. The number of hydrogen-bond donors (Lipinski definition) is 2. The second-order valence-electron chi connectivity index (χ2n) is 9.01. The summed E-state index contributed by atoms with van der Waals surface area (Å²) in [7, 11) is 0. The zero-order valence-electron chi connectivity index (χ0n) is 20.1. The number of aryl methyl sites for hydroxylation is 1. The number of carbonyl (C=O) groups excluding carboxylic acids is 3. The van der Waals surface area contributed by atoms with Crippen molar-refractivity contribution in [2.24, 2.45) is 0 Å². The molecule has 2 N–H and O–H groups in total. The number of hydrogen-bond acceptors (Lipinski definition) is 7. The lowest BCUT2D eigenvalue weighted by molar-refractivity contribution is -0.120. The Morgan fingerprint density at radius 1 is 1.17 bits per heavy atom. The highest BCUT2D eigenvalue weighted by Crippen LogP contribution is 2.29. The molecule has 1 aromatic carbocycles. The molecule has 2 heterocycles. The van der Waals surface area contributed by atoms with E-state index in [-0.39, 0.29) is 36.7 Å². The minimum Gasteiger partial charge on any atom is -0.379 e. The molecule has 0 spiro atoms. The van der Waals surface area contributed by atoms with E-state index in [4.69, 9.17) is 4.74 Å². The average Bonchev–Trinajstić information content (AvgIpc) is 3.61. The van der Waals surface area contributed by atoms with Gasteiger partial charge in [0.2, 0.25) is 11.8 Å². The molecule has 1 aliphatic heterocycles. The molecule has 9 nitrogen and oxygen atoms in total. The summed E-state index contributed by atoms with van der Waals surface area (Å²) in [6, 6.07) is 7.53. The van der Waals surface area contributed by atoms with Crippen LogP contribution in [0, 0.1) is 6.92 Å². The molecule has 2 aliphatic rings. The number of carbonyl (C=O) groups is 3. The van der Waals surface area contributed by atoms with Crippen LogP contribution in [0.1, 0.15) is 40.9 Å². The number of nitrogens with zero attached hydrogens (tertiary/aromatic N) is 3. The molecule has 35 heavy (non-hydrogen) atoms. The monoisotopic (exact) mass is 499 g/mol. The predicted octanol–water partition coefficient (Wildman–Crippen LogP) is 2.08. The van der Waals surface area contributed by atoms with Crippen LogP contribution in [0.2, 0.25) is 0 Å². The lowest BCUT2D eigenvalue weighted by Crippen LogP contribution is -2.39. The summed E-state index contributed by atoms with van der Waals surface area (Å²) in [5.41, 5.74) is 2.14. The van der Waals surface area contributed by atoms with Crippen LogP contribution in [-0.4, -0.2) is 84.5 Å². The van der Waals surface area contributed by atoms with Gasteiger partial charge in [-0.15, -0.1) is 11.3 Å². The van der Waals surface area contributed by atoms with Crippen molar-refractivity contribution < 1.29 is 19.1 Å². The number of thiazole rings is 1. The Labute approximate surface area is 209 Å². The smallest absolute Gasteiger partial charge is 0.254 e. The minimum absolute atomic E-state index is 0.0175. The van der Waals surface area contributed by atoms with E-state index >= 15 is 0 Å². The zero-order chi connectivity index (χ0) is 24.6. The summed E-state index contributed by atoms with van der Waals surface area (Å²) >= 11 is 1.28. The highest BCUT2D eigenvalue weighted by molar-refractivity contribution is 7.13. The molecule has 1 aromatic heterocycles. The predicted molar refractivity (Wildman–Crippen MR) is 135 cm³/mol. The fraction of sp³-hybridized carbons (Fsp3) is 0.520. The van der Waals surface area contributed by atoms with Crippen molar-refractivity contribution >= 4 is 34.2 Å². The van der Waals surface area contributed by atoms with E-state index < -0.39 is 0 Å². The van der Waals surface area contributed by atoms with Gasteiger partial charge in [-0.25, -0.2) is 4.98 Å².